The maximum atomic E-state index is 11.9. The second kappa shape index (κ2) is 2.58. The first-order valence-corrected chi connectivity index (χ1v) is 4.83. The third-order valence-corrected chi connectivity index (χ3v) is 2.82. The molecule has 3 nitrogen and oxygen atoms in total. The number of rotatable bonds is 0. The maximum absolute atomic E-state index is 11.9. The highest BCUT2D eigenvalue weighted by Gasteiger charge is 2.42. The fraction of sp³-hybridized carbons (Fsp3) is 0.364. The van der Waals surface area contributed by atoms with Gasteiger partial charge in [-0.25, -0.2) is 0 Å². The molecular formula is C11H11NO2. The molecule has 0 aromatic heterocycles. The predicted molar refractivity (Wildman–Crippen MR) is 50.8 cm³/mol. The molecule has 0 saturated carbocycles. The summed E-state index contributed by atoms with van der Waals surface area (Å²) in [6.07, 6.45) is 0.0195. The summed E-state index contributed by atoms with van der Waals surface area (Å²) >= 11 is 0. The Kier molecular flexibility index (Phi) is 1.47. The van der Waals surface area contributed by atoms with E-state index < -0.39 is 0 Å². The molecule has 14 heavy (non-hydrogen) atoms. The quantitative estimate of drug-likeness (QED) is 0.619. The van der Waals surface area contributed by atoms with E-state index in [-0.39, 0.29) is 18.2 Å². The number of ether oxygens (including phenoxy) is 1. The molecule has 3 rings (SSSR count). The molecule has 1 amide bonds. The zero-order valence-corrected chi connectivity index (χ0v) is 7.93. The van der Waals surface area contributed by atoms with Crippen LogP contribution in [0.3, 0.4) is 0 Å². The van der Waals surface area contributed by atoms with Gasteiger partial charge in [-0.3, -0.25) is 4.79 Å². The minimum absolute atomic E-state index is 0.106. The molecule has 0 unspecified atom stereocenters. The second-order valence-corrected chi connectivity index (χ2v) is 3.84. The molecule has 1 saturated heterocycles. The molecule has 1 fully saturated rings. The van der Waals surface area contributed by atoms with E-state index >= 15 is 0 Å². The van der Waals surface area contributed by atoms with E-state index in [1.54, 1.807) is 4.90 Å². The Labute approximate surface area is 82.3 Å². The van der Waals surface area contributed by atoms with Gasteiger partial charge in [0, 0.05) is 17.7 Å². The summed E-state index contributed by atoms with van der Waals surface area (Å²) in [6.45, 7) is 2.70. The number of fused-ring (bicyclic) bond motifs is 3. The number of hydrogen-bond donors (Lipinski definition) is 0. The van der Waals surface area contributed by atoms with E-state index in [2.05, 4.69) is 0 Å². The normalized spacial score (nSPS) is 29.2. The molecular weight excluding hydrogens is 178 g/mol. The van der Waals surface area contributed by atoms with Gasteiger partial charge >= 0.3 is 0 Å². The molecule has 0 spiro atoms. The molecule has 3 heteroatoms. The third-order valence-electron chi connectivity index (χ3n) is 2.82. The van der Waals surface area contributed by atoms with Crippen LogP contribution in [0.15, 0.2) is 24.3 Å². The van der Waals surface area contributed by atoms with Gasteiger partial charge in [0.1, 0.15) is 0 Å². The van der Waals surface area contributed by atoms with E-state index in [9.17, 15) is 4.79 Å². The molecule has 1 aromatic carbocycles. The van der Waals surface area contributed by atoms with Gasteiger partial charge in [-0.2, -0.15) is 0 Å². The first-order chi connectivity index (χ1) is 6.77. The molecule has 0 N–H and O–H groups in total. The van der Waals surface area contributed by atoms with Gasteiger partial charge in [-0.05, 0) is 13.0 Å². The molecule has 0 bridgehead atoms. The van der Waals surface area contributed by atoms with Crippen LogP contribution in [-0.2, 0) is 4.74 Å². The van der Waals surface area contributed by atoms with Crippen LogP contribution in [0.1, 0.15) is 29.1 Å². The van der Waals surface area contributed by atoms with E-state index in [0.29, 0.717) is 6.54 Å². The van der Waals surface area contributed by atoms with Crippen molar-refractivity contribution >= 4 is 5.91 Å². The lowest BCUT2D eigenvalue weighted by Gasteiger charge is -2.12. The topological polar surface area (TPSA) is 29.5 Å². The zero-order chi connectivity index (χ0) is 9.71. The SMILES string of the molecule is C[C@H]1CN2C(=O)c3ccccc3[C@H]2O1. The number of nitrogens with zero attached hydrogens (tertiary/aromatic N) is 1. The number of carbonyl (C=O) groups is 1. The fourth-order valence-electron chi connectivity index (χ4n) is 2.20. The van der Waals surface area contributed by atoms with Gasteiger partial charge in [0.25, 0.3) is 5.91 Å². The van der Waals surface area contributed by atoms with E-state index in [1.165, 1.54) is 0 Å². The highest BCUT2D eigenvalue weighted by atomic mass is 16.5. The average molecular weight is 189 g/mol. The summed E-state index contributed by atoms with van der Waals surface area (Å²) in [5.41, 5.74) is 1.81. The van der Waals surface area contributed by atoms with Gasteiger partial charge in [0.15, 0.2) is 6.23 Å². The second-order valence-electron chi connectivity index (χ2n) is 3.84. The number of benzene rings is 1. The Balaban J connectivity index is 2.12. The fourth-order valence-corrected chi connectivity index (χ4v) is 2.20. The van der Waals surface area contributed by atoms with Gasteiger partial charge in [0.05, 0.1) is 6.10 Å². The molecule has 2 aliphatic rings. The van der Waals surface area contributed by atoms with Crippen molar-refractivity contribution in [3.8, 4) is 0 Å². The monoisotopic (exact) mass is 189 g/mol. The number of carbonyl (C=O) groups excluding carboxylic acids is 1. The van der Waals surface area contributed by atoms with Crippen molar-refractivity contribution in [1.29, 1.82) is 0 Å². The van der Waals surface area contributed by atoms with Gasteiger partial charge in [-0.15, -0.1) is 0 Å². The van der Waals surface area contributed by atoms with Crippen molar-refractivity contribution in [2.45, 2.75) is 19.3 Å². The van der Waals surface area contributed by atoms with E-state index in [4.69, 9.17) is 4.74 Å². The summed E-state index contributed by atoms with van der Waals surface area (Å²) in [6, 6.07) is 7.67. The van der Waals surface area contributed by atoms with Gasteiger partial charge < -0.3 is 9.64 Å². The molecule has 0 aliphatic carbocycles. The van der Waals surface area contributed by atoms with Crippen LogP contribution < -0.4 is 0 Å². The molecule has 2 heterocycles. The van der Waals surface area contributed by atoms with Crippen LogP contribution in [0, 0.1) is 0 Å². The standard InChI is InChI=1S/C11H11NO2/c1-7-6-12-10(13)8-4-2-3-5-9(8)11(12)14-7/h2-5,7,11H,6H2,1H3/t7-,11+/m0/s1. The molecule has 0 radical (unpaired) electrons. The highest BCUT2D eigenvalue weighted by molar-refractivity contribution is 5.99. The first kappa shape index (κ1) is 8.00. The predicted octanol–water partition coefficient (Wildman–Crippen LogP) is 1.56. The lowest BCUT2D eigenvalue weighted by Crippen LogP contribution is -2.24. The smallest absolute Gasteiger partial charge is 0.256 e. The van der Waals surface area contributed by atoms with E-state index in [1.807, 2.05) is 31.2 Å². The van der Waals surface area contributed by atoms with E-state index in [0.717, 1.165) is 11.1 Å². The van der Waals surface area contributed by atoms with Crippen molar-refractivity contribution in [3.05, 3.63) is 35.4 Å². The minimum Gasteiger partial charge on any atom is -0.349 e. The van der Waals surface area contributed by atoms with Gasteiger partial charge in [-0.1, -0.05) is 18.2 Å². The lowest BCUT2D eigenvalue weighted by atomic mass is 10.1. The maximum Gasteiger partial charge on any atom is 0.256 e. The summed E-state index contributed by atoms with van der Waals surface area (Å²) in [4.78, 5) is 13.7. The Hall–Kier alpha value is -1.35. The Morgan fingerprint density at radius 1 is 1.43 bits per heavy atom. The van der Waals surface area contributed by atoms with Crippen molar-refractivity contribution < 1.29 is 9.53 Å². The number of hydrogen-bond acceptors (Lipinski definition) is 2. The van der Waals surface area contributed by atoms with Crippen LogP contribution in [-0.4, -0.2) is 23.5 Å². The van der Waals surface area contributed by atoms with Crippen molar-refractivity contribution in [1.82, 2.24) is 4.90 Å². The summed E-state index contributed by atoms with van der Waals surface area (Å²) < 4.78 is 5.69. The van der Waals surface area contributed by atoms with Crippen LogP contribution >= 0.6 is 0 Å². The molecule has 2 aliphatic heterocycles. The Morgan fingerprint density at radius 3 is 3.07 bits per heavy atom. The molecule has 2 atom stereocenters. The number of amides is 1. The van der Waals surface area contributed by atoms with Gasteiger partial charge in [0.2, 0.25) is 0 Å². The highest BCUT2D eigenvalue weighted by Crippen LogP contribution is 2.39. The largest absolute Gasteiger partial charge is 0.349 e. The van der Waals surface area contributed by atoms with Crippen LogP contribution in [0.4, 0.5) is 0 Å². The minimum atomic E-state index is -0.131. The zero-order valence-electron chi connectivity index (χ0n) is 7.93. The summed E-state index contributed by atoms with van der Waals surface area (Å²) in [5, 5.41) is 0. The van der Waals surface area contributed by atoms with Crippen molar-refractivity contribution in [3.63, 3.8) is 0 Å². The summed E-state index contributed by atoms with van der Waals surface area (Å²) in [5.74, 6) is 0.106. The summed E-state index contributed by atoms with van der Waals surface area (Å²) in [7, 11) is 0. The molecule has 1 aromatic rings. The Bertz CT molecular complexity index is 402. The average Bonchev–Trinajstić information content (AvgIpc) is 2.68. The third kappa shape index (κ3) is 0.876. The van der Waals surface area contributed by atoms with Crippen molar-refractivity contribution in [2.24, 2.45) is 0 Å². The Morgan fingerprint density at radius 2 is 2.21 bits per heavy atom. The lowest BCUT2D eigenvalue weighted by molar-refractivity contribution is 0.0156. The first-order valence-electron chi connectivity index (χ1n) is 4.83. The van der Waals surface area contributed by atoms with Crippen LogP contribution in [0.2, 0.25) is 0 Å². The van der Waals surface area contributed by atoms with Crippen LogP contribution in [0.5, 0.6) is 0 Å². The van der Waals surface area contributed by atoms with Crippen molar-refractivity contribution in [2.75, 3.05) is 6.54 Å². The van der Waals surface area contributed by atoms with Crippen LogP contribution in [0.25, 0.3) is 0 Å². The molecule has 72 valence electrons.